The molecule has 3 aromatic rings. The highest BCUT2D eigenvalue weighted by atomic mass is 19.3. The molecular formula is C22H18F2N2O3. The molecule has 1 heterocycles. The van der Waals surface area contributed by atoms with E-state index in [2.05, 4.69) is 10.1 Å². The number of nitrogens with one attached hydrogen (secondary N) is 1. The van der Waals surface area contributed by atoms with Gasteiger partial charge in [0.15, 0.2) is 11.5 Å². The quantitative estimate of drug-likeness (QED) is 0.654. The van der Waals surface area contributed by atoms with Crippen LogP contribution in [0.4, 0.5) is 20.2 Å². The number of carbonyl (C=O) groups excluding carboxylic acids is 1. The molecule has 148 valence electrons. The van der Waals surface area contributed by atoms with Gasteiger partial charge < -0.3 is 14.8 Å². The largest absolute Gasteiger partial charge is 0.493 e. The third kappa shape index (κ3) is 3.59. The fourth-order valence-electron chi connectivity index (χ4n) is 3.39. The van der Waals surface area contributed by atoms with Gasteiger partial charge in [0.25, 0.3) is 5.91 Å². The number of amides is 1. The van der Waals surface area contributed by atoms with E-state index in [1.54, 1.807) is 29.2 Å². The van der Waals surface area contributed by atoms with Crippen LogP contribution in [0.2, 0.25) is 0 Å². The first-order chi connectivity index (χ1) is 14.1. The smallest absolute Gasteiger partial charge is 0.387 e. The lowest BCUT2D eigenvalue weighted by Crippen LogP contribution is -2.43. The number of fused-ring (bicyclic) bond motifs is 1. The standard InChI is InChI=1S/C22H18F2N2O3/c1-28-18-12-11-14(13-19(18)29-22(23)24)20-25-17-10-6-5-9-16(17)21(27)26(20)15-7-3-2-4-8-15/h2-13,20,22,25H,1H3/t20-/m0/s1. The molecule has 0 radical (unpaired) electrons. The van der Waals surface area contributed by atoms with Crippen molar-refractivity contribution >= 4 is 17.3 Å². The summed E-state index contributed by atoms with van der Waals surface area (Å²) >= 11 is 0. The molecule has 0 bridgehead atoms. The van der Waals surface area contributed by atoms with Crippen molar-refractivity contribution in [2.75, 3.05) is 17.3 Å². The van der Waals surface area contributed by atoms with Crippen LogP contribution in [-0.2, 0) is 0 Å². The van der Waals surface area contributed by atoms with Crippen LogP contribution in [-0.4, -0.2) is 19.6 Å². The third-order valence-electron chi connectivity index (χ3n) is 4.68. The van der Waals surface area contributed by atoms with Crippen LogP contribution in [0.5, 0.6) is 11.5 Å². The van der Waals surface area contributed by atoms with E-state index in [1.807, 2.05) is 42.5 Å². The molecule has 7 heteroatoms. The SMILES string of the molecule is COc1ccc([C@H]2Nc3ccccc3C(=O)N2c2ccccc2)cc1OC(F)F. The van der Waals surface area contributed by atoms with Crippen LogP contribution >= 0.6 is 0 Å². The number of anilines is 2. The first-order valence-electron chi connectivity index (χ1n) is 8.95. The van der Waals surface area contributed by atoms with E-state index >= 15 is 0 Å². The summed E-state index contributed by atoms with van der Waals surface area (Å²) in [6, 6.07) is 21.1. The summed E-state index contributed by atoms with van der Waals surface area (Å²) in [5, 5.41) is 3.33. The van der Waals surface area contributed by atoms with Crippen LogP contribution in [0, 0.1) is 0 Å². The fraction of sp³-hybridized carbons (Fsp3) is 0.136. The number of para-hydroxylation sites is 2. The lowest BCUT2D eigenvalue weighted by atomic mass is 10.0. The minimum atomic E-state index is -2.99. The Morgan fingerprint density at radius 3 is 2.41 bits per heavy atom. The van der Waals surface area contributed by atoms with Gasteiger partial charge in [0.05, 0.1) is 12.7 Å². The maximum atomic E-state index is 13.3. The first-order valence-corrected chi connectivity index (χ1v) is 8.95. The van der Waals surface area contributed by atoms with Crippen molar-refractivity contribution in [3.63, 3.8) is 0 Å². The summed E-state index contributed by atoms with van der Waals surface area (Å²) in [5.74, 6) is -0.105. The minimum Gasteiger partial charge on any atom is -0.493 e. The van der Waals surface area contributed by atoms with Gasteiger partial charge in [0, 0.05) is 11.4 Å². The fourth-order valence-corrected chi connectivity index (χ4v) is 3.39. The highest BCUT2D eigenvalue weighted by molar-refractivity contribution is 6.12. The van der Waals surface area contributed by atoms with Gasteiger partial charge in [-0.05, 0) is 42.0 Å². The number of carbonyl (C=O) groups is 1. The molecule has 29 heavy (non-hydrogen) atoms. The van der Waals surface area contributed by atoms with Crippen molar-refractivity contribution in [3.05, 3.63) is 83.9 Å². The second-order valence-electron chi connectivity index (χ2n) is 6.39. The number of benzene rings is 3. The molecule has 0 spiro atoms. The highest BCUT2D eigenvalue weighted by Gasteiger charge is 2.34. The molecule has 0 fully saturated rings. The van der Waals surface area contributed by atoms with Crippen LogP contribution in [0.25, 0.3) is 0 Å². The Morgan fingerprint density at radius 1 is 0.966 bits per heavy atom. The van der Waals surface area contributed by atoms with Crippen LogP contribution < -0.4 is 19.7 Å². The summed E-state index contributed by atoms with van der Waals surface area (Å²) in [6.07, 6.45) is -0.620. The number of ether oxygens (including phenoxy) is 2. The molecule has 5 nitrogen and oxygen atoms in total. The molecule has 1 aliphatic heterocycles. The van der Waals surface area contributed by atoms with E-state index in [0.717, 1.165) is 0 Å². The van der Waals surface area contributed by atoms with Crippen LogP contribution in [0.3, 0.4) is 0 Å². The normalized spacial score (nSPS) is 15.7. The van der Waals surface area contributed by atoms with Gasteiger partial charge in [-0.2, -0.15) is 8.78 Å². The van der Waals surface area contributed by atoms with Gasteiger partial charge in [-0.3, -0.25) is 9.69 Å². The predicted molar refractivity (Wildman–Crippen MR) is 106 cm³/mol. The summed E-state index contributed by atoms with van der Waals surface area (Å²) in [5.41, 5.74) is 2.46. The zero-order chi connectivity index (χ0) is 20.4. The Balaban J connectivity index is 1.83. The average molecular weight is 396 g/mol. The number of halogens is 2. The maximum absolute atomic E-state index is 13.3. The minimum absolute atomic E-state index is 0.0962. The Morgan fingerprint density at radius 2 is 1.69 bits per heavy atom. The molecule has 1 N–H and O–H groups in total. The molecule has 0 aromatic heterocycles. The van der Waals surface area contributed by atoms with Crippen LogP contribution in [0.1, 0.15) is 22.1 Å². The summed E-state index contributed by atoms with van der Waals surface area (Å²) in [4.78, 5) is 14.9. The summed E-state index contributed by atoms with van der Waals surface area (Å²) in [7, 11) is 1.38. The van der Waals surface area contributed by atoms with Crippen molar-refractivity contribution < 1.29 is 23.0 Å². The van der Waals surface area contributed by atoms with Crippen molar-refractivity contribution in [2.45, 2.75) is 12.8 Å². The Labute approximate surface area is 166 Å². The Hall–Kier alpha value is -3.61. The van der Waals surface area contributed by atoms with Crippen molar-refractivity contribution in [3.8, 4) is 11.5 Å². The van der Waals surface area contributed by atoms with Gasteiger partial charge in [0.2, 0.25) is 0 Å². The van der Waals surface area contributed by atoms with Gasteiger partial charge in [-0.15, -0.1) is 0 Å². The molecule has 4 rings (SSSR count). The number of alkyl halides is 2. The lowest BCUT2D eigenvalue weighted by molar-refractivity contribution is -0.0512. The van der Waals surface area contributed by atoms with E-state index in [1.165, 1.54) is 13.2 Å². The van der Waals surface area contributed by atoms with Gasteiger partial charge in [-0.1, -0.05) is 36.4 Å². The van der Waals surface area contributed by atoms with Crippen molar-refractivity contribution in [1.82, 2.24) is 0 Å². The molecule has 0 unspecified atom stereocenters. The summed E-state index contributed by atoms with van der Waals surface area (Å²) in [6.45, 7) is -2.99. The van der Waals surface area contributed by atoms with Crippen molar-refractivity contribution in [1.29, 1.82) is 0 Å². The molecule has 1 aliphatic rings. The van der Waals surface area contributed by atoms with E-state index in [9.17, 15) is 13.6 Å². The average Bonchev–Trinajstić information content (AvgIpc) is 2.74. The number of nitrogens with zero attached hydrogens (tertiary/aromatic N) is 1. The zero-order valence-electron chi connectivity index (χ0n) is 15.5. The maximum Gasteiger partial charge on any atom is 0.387 e. The number of rotatable bonds is 5. The molecule has 1 amide bonds. The lowest BCUT2D eigenvalue weighted by Gasteiger charge is -2.38. The van der Waals surface area contributed by atoms with Gasteiger partial charge in [0.1, 0.15) is 6.17 Å². The third-order valence-corrected chi connectivity index (χ3v) is 4.68. The Kier molecular flexibility index (Phi) is 5.03. The van der Waals surface area contributed by atoms with E-state index in [-0.39, 0.29) is 17.4 Å². The molecular weight excluding hydrogens is 378 g/mol. The number of hydrogen-bond donors (Lipinski definition) is 1. The second kappa shape index (κ2) is 7.79. The number of methoxy groups -OCH3 is 1. The second-order valence-corrected chi connectivity index (χ2v) is 6.39. The summed E-state index contributed by atoms with van der Waals surface area (Å²) < 4.78 is 35.4. The molecule has 1 atom stereocenters. The zero-order valence-corrected chi connectivity index (χ0v) is 15.5. The predicted octanol–water partition coefficient (Wildman–Crippen LogP) is 5.07. The Bertz CT molecular complexity index is 1030. The molecule has 3 aromatic carbocycles. The monoisotopic (exact) mass is 396 g/mol. The van der Waals surface area contributed by atoms with Gasteiger partial charge >= 0.3 is 6.61 Å². The van der Waals surface area contributed by atoms with Gasteiger partial charge in [-0.25, -0.2) is 0 Å². The van der Waals surface area contributed by atoms with E-state index < -0.39 is 12.8 Å². The van der Waals surface area contributed by atoms with Crippen LogP contribution in [0.15, 0.2) is 72.8 Å². The molecule has 0 aliphatic carbocycles. The molecule has 0 saturated carbocycles. The van der Waals surface area contributed by atoms with E-state index in [4.69, 9.17) is 4.74 Å². The van der Waals surface area contributed by atoms with E-state index in [0.29, 0.717) is 22.5 Å². The molecule has 0 saturated heterocycles. The highest BCUT2D eigenvalue weighted by Crippen LogP contribution is 2.39. The first kappa shape index (κ1) is 18.7. The number of hydrogen-bond acceptors (Lipinski definition) is 4. The van der Waals surface area contributed by atoms with Crippen molar-refractivity contribution in [2.24, 2.45) is 0 Å². The topological polar surface area (TPSA) is 50.8 Å².